The molecule has 0 amide bonds. The largest absolute Gasteiger partial charge is 0.508 e. The highest BCUT2D eigenvalue weighted by Crippen LogP contribution is 2.18. The monoisotopic (exact) mass is 246 g/mol. The highest BCUT2D eigenvalue weighted by Gasteiger charge is 1.93. The Morgan fingerprint density at radius 1 is 0.632 bits per heavy atom. The lowest BCUT2D eigenvalue weighted by Crippen LogP contribution is -1.75. The molecule has 0 aromatic heterocycles. The third kappa shape index (κ3) is 2.66. The first-order valence-corrected chi connectivity index (χ1v) is 6.27. The first kappa shape index (κ1) is 11.5. The van der Waals surface area contributed by atoms with Crippen LogP contribution in [-0.2, 0) is 0 Å². The van der Waals surface area contributed by atoms with Gasteiger partial charge in [0.05, 0.1) is 0 Å². The molecule has 3 aromatic carbocycles. The first-order chi connectivity index (χ1) is 9.31. The normalized spacial score (nSPS) is 11.2. The molecule has 0 unspecified atom stereocenters. The molecule has 0 saturated carbocycles. The Balaban J connectivity index is 1.92. The van der Waals surface area contributed by atoms with Crippen LogP contribution in [0.15, 0.2) is 66.7 Å². The van der Waals surface area contributed by atoms with Crippen LogP contribution in [0.1, 0.15) is 11.1 Å². The maximum absolute atomic E-state index is 9.42. The van der Waals surface area contributed by atoms with Crippen LogP contribution in [0.2, 0.25) is 0 Å². The molecule has 0 fully saturated rings. The second-order valence-corrected chi connectivity index (χ2v) is 4.53. The van der Waals surface area contributed by atoms with Crippen LogP contribution in [0.25, 0.3) is 22.9 Å². The first-order valence-electron chi connectivity index (χ1n) is 6.27. The Morgan fingerprint density at radius 3 is 2.16 bits per heavy atom. The number of hydrogen-bond acceptors (Lipinski definition) is 1. The standard InChI is InChI=1S/C18H14O/c19-18-7-3-4-14(13-18)8-9-15-10-11-16-5-1-2-6-17(16)12-15/h1-13,19H/b9-8-. The third-order valence-corrected chi connectivity index (χ3v) is 3.11. The van der Waals surface area contributed by atoms with E-state index in [2.05, 4.69) is 36.4 Å². The van der Waals surface area contributed by atoms with Crippen molar-refractivity contribution >= 4 is 22.9 Å². The summed E-state index contributed by atoms with van der Waals surface area (Å²) in [6, 6.07) is 21.9. The lowest BCUT2D eigenvalue weighted by atomic mass is 10.1. The van der Waals surface area contributed by atoms with Gasteiger partial charge in [0, 0.05) is 0 Å². The zero-order chi connectivity index (χ0) is 13.1. The zero-order valence-corrected chi connectivity index (χ0v) is 10.5. The van der Waals surface area contributed by atoms with E-state index in [0.29, 0.717) is 5.75 Å². The smallest absolute Gasteiger partial charge is 0.116 e. The van der Waals surface area contributed by atoms with Crippen LogP contribution in [0.4, 0.5) is 0 Å². The minimum absolute atomic E-state index is 0.292. The van der Waals surface area contributed by atoms with E-state index in [1.807, 2.05) is 30.3 Å². The molecular weight excluding hydrogens is 232 g/mol. The highest BCUT2D eigenvalue weighted by molar-refractivity contribution is 5.86. The van der Waals surface area contributed by atoms with Gasteiger partial charge in [0.25, 0.3) is 0 Å². The Labute approximate surface area is 112 Å². The second-order valence-electron chi connectivity index (χ2n) is 4.53. The van der Waals surface area contributed by atoms with Gasteiger partial charge >= 0.3 is 0 Å². The average Bonchev–Trinajstić information content (AvgIpc) is 2.45. The molecule has 3 aromatic rings. The molecule has 0 bridgehead atoms. The van der Waals surface area contributed by atoms with Crippen molar-refractivity contribution in [2.75, 3.05) is 0 Å². The fourth-order valence-electron chi connectivity index (χ4n) is 2.13. The summed E-state index contributed by atoms with van der Waals surface area (Å²) in [4.78, 5) is 0. The maximum atomic E-state index is 9.42. The Kier molecular flexibility index (Phi) is 3.03. The molecule has 1 N–H and O–H groups in total. The molecule has 3 rings (SSSR count). The van der Waals surface area contributed by atoms with Crippen molar-refractivity contribution in [1.29, 1.82) is 0 Å². The summed E-state index contributed by atoms with van der Waals surface area (Å²) >= 11 is 0. The van der Waals surface area contributed by atoms with Crippen molar-refractivity contribution in [1.82, 2.24) is 0 Å². The summed E-state index contributed by atoms with van der Waals surface area (Å²) < 4.78 is 0. The van der Waals surface area contributed by atoms with Crippen LogP contribution in [0.5, 0.6) is 5.75 Å². The number of aromatic hydroxyl groups is 1. The van der Waals surface area contributed by atoms with Gasteiger partial charge < -0.3 is 5.11 Å². The molecule has 0 radical (unpaired) electrons. The molecule has 0 spiro atoms. The predicted octanol–water partition coefficient (Wildman–Crippen LogP) is 4.72. The predicted molar refractivity (Wildman–Crippen MR) is 81.0 cm³/mol. The van der Waals surface area contributed by atoms with E-state index in [4.69, 9.17) is 0 Å². The van der Waals surface area contributed by atoms with Crippen molar-refractivity contribution in [3.05, 3.63) is 77.9 Å². The van der Waals surface area contributed by atoms with Gasteiger partial charge in [-0.2, -0.15) is 0 Å². The zero-order valence-electron chi connectivity index (χ0n) is 10.5. The van der Waals surface area contributed by atoms with Gasteiger partial charge in [0.1, 0.15) is 5.75 Å². The summed E-state index contributed by atoms with van der Waals surface area (Å²) in [5.74, 6) is 0.292. The Hall–Kier alpha value is -2.54. The lowest BCUT2D eigenvalue weighted by Gasteiger charge is -1.99. The Bertz CT molecular complexity index is 741. The minimum Gasteiger partial charge on any atom is -0.508 e. The van der Waals surface area contributed by atoms with E-state index in [0.717, 1.165) is 11.1 Å². The second kappa shape index (κ2) is 4.99. The van der Waals surface area contributed by atoms with Gasteiger partial charge in [-0.15, -0.1) is 0 Å². The van der Waals surface area contributed by atoms with Crippen molar-refractivity contribution in [3.63, 3.8) is 0 Å². The van der Waals surface area contributed by atoms with Crippen LogP contribution in [-0.4, -0.2) is 5.11 Å². The summed E-state index contributed by atoms with van der Waals surface area (Å²) in [6.07, 6.45) is 4.06. The molecule has 0 aliphatic heterocycles. The fraction of sp³-hybridized carbons (Fsp3) is 0. The molecule has 92 valence electrons. The number of benzene rings is 3. The van der Waals surface area contributed by atoms with E-state index < -0.39 is 0 Å². The quantitative estimate of drug-likeness (QED) is 0.649. The van der Waals surface area contributed by atoms with Gasteiger partial charge in [0.15, 0.2) is 0 Å². The lowest BCUT2D eigenvalue weighted by molar-refractivity contribution is 0.475. The summed E-state index contributed by atoms with van der Waals surface area (Å²) in [7, 11) is 0. The van der Waals surface area contributed by atoms with Crippen LogP contribution in [0.3, 0.4) is 0 Å². The van der Waals surface area contributed by atoms with E-state index >= 15 is 0 Å². The van der Waals surface area contributed by atoms with Gasteiger partial charge in [-0.3, -0.25) is 0 Å². The fourth-order valence-corrected chi connectivity index (χ4v) is 2.13. The number of rotatable bonds is 2. The molecule has 0 aliphatic rings. The molecule has 0 atom stereocenters. The van der Waals surface area contributed by atoms with Crippen molar-refractivity contribution in [2.45, 2.75) is 0 Å². The van der Waals surface area contributed by atoms with Crippen LogP contribution < -0.4 is 0 Å². The van der Waals surface area contributed by atoms with Crippen molar-refractivity contribution < 1.29 is 5.11 Å². The molecule has 0 aliphatic carbocycles. The number of hydrogen-bond donors (Lipinski definition) is 1. The van der Waals surface area contributed by atoms with Crippen LogP contribution >= 0.6 is 0 Å². The Morgan fingerprint density at radius 2 is 1.37 bits per heavy atom. The summed E-state index contributed by atoms with van der Waals surface area (Å²) in [6.45, 7) is 0. The topological polar surface area (TPSA) is 20.2 Å². The minimum atomic E-state index is 0.292. The van der Waals surface area contributed by atoms with Gasteiger partial charge in [-0.1, -0.05) is 60.7 Å². The van der Waals surface area contributed by atoms with E-state index in [9.17, 15) is 5.11 Å². The molecule has 19 heavy (non-hydrogen) atoms. The molecule has 0 saturated heterocycles. The molecular formula is C18H14O. The number of phenolic OH excluding ortho intramolecular Hbond substituents is 1. The van der Waals surface area contributed by atoms with Gasteiger partial charge in [0.2, 0.25) is 0 Å². The van der Waals surface area contributed by atoms with Crippen molar-refractivity contribution in [2.24, 2.45) is 0 Å². The summed E-state index contributed by atoms with van der Waals surface area (Å²) in [5.41, 5.74) is 2.15. The van der Waals surface area contributed by atoms with Gasteiger partial charge in [-0.05, 0) is 40.1 Å². The van der Waals surface area contributed by atoms with Gasteiger partial charge in [-0.25, -0.2) is 0 Å². The molecule has 1 heteroatoms. The van der Waals surface area contributed by atoms with E-state index in [1.165, 1.54) is 10.8 Å². The van der Waals surface area contributed by atoms with Crippen LogP contribution in [0, 0.1) is 0 Å². The molecule has 1 nitrogen and oxygen atoms in total. The molecule has 0 heterocycles. The number of phenols is 1. The van der Waals surface area contributed by atoms with Crippen molar-refractivity contribution in [3.8, 4) is 5.75 Å². The summed E-state index contributed by atoms with van der Waals surface area (Å²) in [5, 5.41) is 11.9. The maximum Gasteiger partial charge on any atom is 0.116 e. The third-order valence-electron chi connectivity index (χ3n) is 3.11. The average molecular weight is 246 g/mol. The highest BCUT2D eigenvalue weighted by atomic mass is 16.3. The van der Waals surface area contributed by atoms with E-state index in [-0.39, 0.29) is 0 Å². The number of fused-ring (bicyclic) bond motifs is 1. The van der Waals surface area contributed by atoms with E-state index in [1.54, 1.807) is 12.1 Å². The SMILES string of the molecule is Oc1cccc(/C=C\c2ccc3ccccc3c2)c1.